The van der Waals surface area contributed by atoms with Crippen molar-refractivity contribution in [2.24, 2.45) is 0 Å². The van der Waals surface area contributed by atoms with Crippen LogP contribution in [0.5, 0.6) is 0 Å². The van der Waals surface area contributed by atoms with Crippen LogP contribution in [0.1, 0.15) is 35.8 Å². The summed E-state index contributed by atoms with van der Waals surface area (Å²) in [7, 11) is 0. The molecule has 2 aliphatic heterocycles. The maximum Gasteiger partial charge on any atom is 0.254 e. The van der Waals surface area contributed by atoms with Gasteiger partial charge >= 0.3 is 0 Å². The van der Waals surface area contributed by atoms with E-state index in [4.69, 9.17) is 5.73 Å². The van der Waals surface area contributed by atoms with Crippen molar-refractivity contribution in [2.45, 2.75) is 38.8 Å². The van der Waals surface area contributed by atoms with E-state index in [1.54, 1.807) is 6.07 Å². The van der Waals surface area contributed by atoms with Crippen molar-refractivity contribution in [3.8, 4) is 0 Å². The lowest BCUT2D eigenvalue weighted by Crippen LogP contribution is -2.56. The first-order valence-electron chi connectivity index (χ1n) is 7.34. The topological polar surface area (TPSA) is 62.5 Å². The molecule has 2 aliphatic rings. The number of carbonyl (C=O) groups excluding carboxylic acids is 1. The quantitative estimate of drug-likeness (QED) is 0.838. The molecule has 3 rings (SSSR count). The number of anilines is 1. The average Bonchev–Trinajstić information content (AvgIpc) is 2.82. The molecule has 108 valence electrons. The highest BCUT2D eigenvalue weighted by Gasteiger charge is 2.36. The molecule has 0 bridgehead atoms. The van der Waals surface area contributed by atoms with Gasteiger partial charge < -0.3 is 10.6 Å². The first kappa shape index (κ1) is 13.4. The smallest absolute Gasteiger partial charge is 0.254 e. The van der Waals surface area contributed by atoms with Crippen LogP contribution in [0, 0.1) is 6.92 Å². The second-order valence-electron chi connectivity index (χ2n) is 6.02. The Bertz CT molecular complexity index is 510. The predicted octanol–water partition coefficient (Wildman–Crippen LogP) is 1.28. The number of fused-ring (bicyclic) bond motifs is 1. The van der Waals surface area contributed by atoms with E-state index in [0.717, 1.165) is 18.8 Å². The number of amides is 1. The number of pyridine rings is 1. The van der Waals surface area contributed by atoms with Gasteiger partial charge in [0.25, 0.3) is 5.91 Å². The van der Waals surface area contributed by atoms with E-state index in [1.807, 2.05) is 17.9 Å². The third-order valence-electron chi connectivity index (χ3n) is 4.42. The summed E-state index contributed by atoms with van der Waals surface area (Å²) in [6, 6.07) is 4.30. The highest BCUT2D eigenvalue weighted by atomic mass is 16.2. The summed E-state index contributed by atoms with van der Waals surface area (Å²) >= 11 is 0. The maximum atomic E-state index is 12.7. The molecule has 3 heterocycles. The van der Waals surface area contributed by atoms with Crippen LogP contribution >= 0.6 is 0 Å². The Hall–Kier alpha value is -1.62. The molecule has 2 atom stereocenters. The molecule has 1 aromatic rings. The van der Waals surface area contributed by atoms with E-state index in [9.17, 15) is 4.79 Å². The third kappa shape index (κ3) is 2.38. The summed E-state index contributed by atoms with van der Waals surface area (Å²) < 4.78 is 0. The lowest BCUT2D eigenvalue weighted by molar-refractivity contribution is 0.0395. The Labute approximate surface area is 119 Å². The summed E-state index contributed by atoms with van der Waals surface area (Å²) in [5.74, 6) is 0.502. The molecular weight excluding hydrogens is 252 g/mol. The molecular formula is C15H22N4O. The standard InChI is InChI=1S/C15H22N4O/c1-10-6-12(7-14(16)17-10)15(20)19-9-13-4-3-5-18(13)8-11(19)2/h6-7,11,13H,3-5,8-9H2,1-2H3,(H2,16,17). The summed E-state index contributed by atoms with van der Waals surface area (Å²) in [5.41, 5.74) is 7.21. The van der Waals surface area contributed by atoms with Gasteiger partial charge in [-0.25, -0.2) is 4.98 Å². The van der Waals surface area contributed by atoms with Gasteiger partial charge in [-0.1, -0.05) is 0 Å². The van der Waals surface area contributed by atoms with Crippen molar-refractivity contribution in [3.05, 3.63) is 23.4 Å². The van der Waals surface area contributed by atoms with Gasteiger partial charge in [-0.2, -0.15) is 0 Å². The molecule has 2 N–H and O–H groups in total. The second kappa shape index (κ2) is 5.05. The van der Waals surface area contributed by atoms with Crippen molar-refractivity contribution < 1.29 is 4.79 Å². The number of carbonyl (C=O) groups is 1. The first-order valence-corrected chi connectivity index (χ1v) is 7.34. The number of hydrogen-bond acceptors (Lipinski definition) is 4. The van der Waals surface area contributed by atoms with E-state index in [2.05, 4.69) is 16.8 Å². The van der Waals surface area contributed by atoms with Crippen LogP contribution in [0.4, 0.5) is 5.82 Å². The number of nitrogen functional groups attached to an aromatic ring is 1. The molecule has 5 nitrogen and oxygen atoms in total. The molecule has 1 aromatic heterocycles. The molecule has 1 amide bonds. The Morgan fingerprint density at radius 2 is 2.20 bits per heavy atom. The molecule has 20 heavy (non-hydrogen) atoms. The summed E-state index contributed by atoms with van der Waals surface area (Å²) in [6.07, 6.45) is 2.45. The molecule has 0 spiro atoms. The van der Waals surface area contributed by atoms with Crippen molar-refractivity contribution in [1.29, 1.82) is 0 Å². The van der Waals surface area contributed by atoms with Crippen molar-refractivity contribution >= 4 is 11.7 Å². The lowest BCUT2D eigenvalue weighted by atomic mass is 10.1. The fourth-order valence-corrected chi connectivity index (χ4v) is 3.45. The molecule has 5 heteroatoms. The number of aromatic nitrogens is 1. The Balaban J connectivity index is 1.82. The molecule has 2 fully saturated rings. The van der Waals surface area contributed by atoms with Gasteiger partial charge in [0, 0.05) is 36.4 Å². The van der Waals surface area contributed by atoms with Crippen LogP contribution in [0.25, 0.3) is 0 Å². The lowest BCUT2D eigenvalue weighted by Gasteiger charge is -2.42. The van der Waals surface area contributed by atoms with E-state index in [1.165, 1.54) is 19.4 Å². The van der Waals surface area contributed by atoms with Gasteiger partial charge in [0.05, 0.1) is 0 Å². The minimum Gasteiger partial charge on any atom is -0.384 e. The number of rotatable bonds is 1. The van der Waals surface area contributed by atoms with Gasteiger partial charge in [-0.15, -0.1) is 0 Å². The van der Waals surface area contributed by atoms with Crippen LogP contribution in [0.2, 0.25) is 0 Å². The van der Waals surface area contributed by atoms with Gasteiger partial charge in [0.15, 0.2) is 0 Å². The van der Waals surface area contributed by atoms with Crippen LogP contribution < -0.4 is 5.73 Å². The SMILES string of the molecule is Cc1cc(C(=O)N2CC3CCCN3CC2C)cc(N)n1. The van der Waals surface area contributed by atoms with E-state index in [0.29, 0.717) is 17.4 Å². The molecule has 0 aliphatic carbocycles. The van der Waals surface area contributed by atoms with Crippen LogP contribution in [-0.2, 0) is 0 Å². The van der Waals surface area contributed by atoms with E-state index < -0.39 is 0 Å². The van der Waals surface area contributed by atoms with Gasteiger partial charge in [-0.05, 0) is 45.4 Å². The fraction of sp³-hybridized carbons (Fsp3) is 0.600. The Kier molecular flexibility index (Phi) is 3.38. The minimum absolute atomic E-state index is 0.0845. The van der Waals surface area contributed by atoms with Gasteiger partial charge in [0.2, 0.25) is 0 Å². The summed E-state index contributed by atoms with van der Waals surface area (Å²) in [5, 5.41) is 0. The molecule has 0 saturated carbocycles. The zero-order valence-corrected chi connectivity index (χ0v) is 12.2. The minimum atomic E-state index is 0.0845. The normalized spacial score (nSPS) is 26.6. The monoisotopic (exact) mass is 274 g/mol. The number of nitrogens with two attached hydrogens (primary N) is 1. The largest absolute Gasteiger partial charge is 0.384 e. The first-order chi connectivity index (χ1) is 9.54. The van der Waals surface area contributed by atoms with Crippen LogP contribution in [0.15, 0.2) is 12.1 Å². The van der Waals surface area contributed by atoms with Gasteiger partial charge in [-0.3, -0.25) is 9.69 Å². The van der Waals surface area contributed by atoms with Crippen molar-refractivity contribution in [2.75, 3.05) is 25.4 Å². The predicted molar refractivity (Wildman–Crippen MR) is 78.5 cm³/mol. The maximum absolute atomic E-state index is 12.7. The third-order valence-corrected chi connectivity index (χ3v) is 4.42. The highest BCUT2D eigenvalue weighted by Crippen LogP contribution is 2.26. The van der Waals surface area contributed by atoms with Crippen molar-refractivity contribution in [3.63, 3.8) is 0 Å². The summed E-state index contributed by atoms with van der Waals surface area (Å²) in [4.78, 5) is 21.4. The van der Waals surface area contributed by atoms with Crippen LogP contribution in [-0.4, -0.2) is 52.4 Å². The van der Waals surface area contributed by atoms with E-state index >= 15 is 0 Å². The average molecular weight is 274 g/mol. The molecule has 0 radical (unpaired) electrons. The Morgan fingerprint density at radius 3 is 2.95 bits per heavy atom. The number of piperazine rings is 1. The molecule has 0 aromatic carbocycles. The van der Waals surface area contributed by atoms with Crippen LogP contribution in [0.3, 0.4) is 0 Å². The molecule has 2 saturated heterocycles. The van der Waals surface area contributed by atoms with Gasteiger partial charge in [0.1, 0.15) is 5.82 Å². The second-order valence-corrected chi connectivity index (χ2v) is 6.02. The molecule has 2 unspecified atom stereocenters. The fourth-order valence-electron chi connectivity index (χ4n) is 3.45. The highest BCUT2D eigenvalue weighted by molar-refractivity contribution is 5.95. The number of hydrogen-bond donors (Lipinski definition) is 1. The number of nitrogens with zero attached hydrogens (tertiary/aromatic N) is 3. The Morgan fingerprint density at radius 1 is 1.40 bits per heavy atom. The summed E-state index contributed by atoms with van der Waals surface area (Å²) in [6.45, 7) is 6.99. The zero-order chi connectivity index (χ0) is 14.3. The van der Waals surface area contributed by atoms with E-state index in [-0.39, 0.29) is 11.9 Å². The van der Waals surface area contributed by atoms with Crippen molar-refractivity contribution in [1.82, 2.24) is 14.8 Å². The number of aryl methyl sites for hydroxylation is 1. The zero-order valence-electron chi connectivity index (χ0n) is 12.2.